The Kier molecular flexibility index (Phi) is 6.86. The van der Waals surface area contributed by atoms with Gasteiger partial charge in [0.15, 0.2) is 5.69 Å². The Balaban J connectivity index is 1.63. The number of hydrogen-bond acceptors (Lipinski definition) is 6. The molecule has 1 aromatic heterocycles. The van der Waals surface area contributed by atoms with Crippen molar-refractivity contribution in [3.05, 3.63) is 88.3 Å². The van der Waals surface area contributed by atoms with Crippen LogP contribution in [0.4, 0.5) is 10.1 Å². The molecule has 2 N–H and O–H groups in total. The molecular formula is C26H25FN4O4. The predicted octanol–water partition coefficient (Wildman–Crippen LogP) is 3.64. The number of rotatable bonds is 8. The molecule has 35 heavy (non-hydrogen) atoms. The molecule has 2 aromatic carbocycles. The van der Waals surface area contributed by atoms with Gasteiger partial charge in [0.1, 0.15) is 17.9 Å². The lowest BCUT2D eigenvalue weighted by Crippen LogP contribution is -2.35. The van der Waals surface area contributed by atoms with Crippen LogP contribution in [0, 0.1) is 12.7 Å². The van der Waals surface area contributed by atoms with Crippen molar-refractivity contribution in [2.75, 3.05) is 11.4 Å². The number of ketones is 1. The van der Waals surface area contributed by atoms with Crippen LogP contribution in [0.5, 0.6) is 0 Å². The van der Waals surface area contributed by atoms with Crippen molar-refractivity contribution >= 4 is 23.3 Å². The molecule has 180 valence electrons. The van der Waals surface area contributed by atoms with Gasteiger partial charge in [0.25, 0.3) is 5.91 Å². The first-order valence-corrected chi connectivity index (χ1v) is 11.2. The van der Waals surface area contributed by atoms with E-state index in [0.29, 0.717) is 24.1 Å². The third-order valence-corrected chi connectivity index (χ3v) is 6.10. The number of amides is 1. The average molecular weight is 477 g/mol. The molecule has 9 heteroatoms. The number of carboxylic acid groups (broad SMARTS) is 1. The molecule has 8 nitrogen and oxygen atoms in total. The molecule has 1 unspecified atom stereocenters. The number of anilines is 1. The summed E-state index contributed by atoms with van der Waals surface area (Å²) in [6, 6.07) is 9.35. The van der Waals surface area contributed by atoms with Crippen LogP contribution in [0.2, 0.25) is 0 Å². The molecule has 0 saturated heterocycles. The molecule has 0 fully saturated rings. The molecule has 0 aliphatic heterocycles. The third-order valence-electron chi connectivity index (χ3n) is 6.10. The van der Waals surface area contributed by atoms with E-state index in [9.17, 15) is 23.9 Å². The molecule has 0 saturated carbocycles. The first kappa shape index (κ1) is 24.0. The maximum absolute atomic E-state index is 13.6. The van der Waals surface area contributed by atoms with Crippen LogP contribution in [-0.2, 0) is 17.8 Å². The summed E-state index contributed by atoms with van der Waals surface area (Å²) in [5.41, 5.74) is 3.78. The highest BCUT2D eigenvalue weighted by atomic mass is 19.1. The molecule has 1 amide bonds. The second-order valence-electron chi connectivity index (χ2n) is 8.63. The van der Waals surface area contributed by atoms with Crippen LogP contribution in [0.15, 0.2) is 48.9 Å². The summed E-state index contributed by atoms with van der Waals surface area (Å²) in [4.78, 5) is 46.8. The molecular weight excluding hydrogens is 451 g/mol. The topological polar surface area (TPSA) is 112 Å². The van der Waals surface area contributed by atoms with Crippen molar-refractivity contribution in [2.24, 2.45) is 0 Å². The van der Waals surface area contributed by atoms with Gasteiger partial charge in [0.05, 0.1) is 30.0 Å². The van der Waals surface area contributed by atoms with Gasteiger partial charge in [-0.3, -0.25) is 9.59 Å². The van der Waals surface area contributed by atoms with Crippen molar-refractivity contribution in [1.82, 2.24) is 15.3 Å². The van der Waals surface area contributed by atoms with Crippen LogP contribution in [0.3, 0.4) is 0 Å². The number of Topliss-reactive ketones (excluding diaryl/α,β-unsaturated/α-hetero) is 1. The summed E-state index contributed by atoms with van der Waals surface area (Å²) in [6.45, 7) is 3.34. The van der Waals surface area contributed by atoms with E-state index in [2.05, 4.69) is 15.3 Å². The molecule has 1 aliphatic carbocycles. The molecule has 3 aromatic rings. The minimum Gasteiger partial charge on any atom is -0.478 e. The Bertz CT molecular complexity index is 1310. The number of hydrogen-bond donors (Lipinski definition) is 2. The normalized spacial score (nSPS) is 14.3. The number of benzene rings is 2. The molecule has 1 heterocycles. The Morgan fingerprint density at radius 3 is 2.71 bits per heavy atom. The zero-order valence-corrected chi connectivity index (χ0v) is 19.4. The summed E-state index contributed by atoms with van der Waals surface area (Å²) < 4.78 is 13.6. The van der Waals surface area contributed by atoms with E-state index in [4.69, 9.17) is 0 Å². The summed E-state index contributed by atoms with van der Waals surface area (Å²) in [7, 11) is 0. The zero-order chi connectivity index (χ0) is 25.1. The molecule has 1 atom stereocenters. The fraction of sp³-hybridized carbons (Fsp3) is 0.269. The predicted molar refractivity (Wildman–Crippen MR) is 127 cm³/mol. The number of carbonyl (C=O) groups is 3. The lowest BCUT2D eigenvalue weighted by atomic mass is 10.0. The lowest BCUT2D eigenvalue weighted by molar-refractivity contribution is -0.115. The summed E-state index contributed by atoms with van der Waals surface area (Å²) in [6.07, 6.45) is 4.08. The molecule has 0 bridgehead atoms. The Morgan fingerprint density at radius 1 is 1.20 bits per heavy atom. The minimum absolute atomic E-state index is 0.0373. The van der Waals surface area contributed by atoms with Crippen LogP contribution < -0.4 is 10.2 Å². The maximum Gasteiger partial charge on any atom is 0.335 e. The van der Waals surface area contributed by atoms with Crippen molar-refractivity contribution in [3.8, 4) is 0 Å². The number of fused-ring (bicyclic) bond motifs is 1. The SMILES string of the molecule is CC(=O)CN(c1cncnc1C(=O)NCc1ccc(F)c(C)c1)C1CCc2cc(C(=O)O)ccc21. The van der Waals surface area contributed by atoms with Gasteiger partial charge in [-0.15, -0.1) is 0 Å². The van der Waals surface area contributed by atoms with Gasteiger partial charge in [-0.1, -0.05) is 18.2 Å². The van der Waals surface area contributed by atoms with Gasteiger partial charge in [-0.2, -0.15) is 0 Å². The van der Waals surface area contributed by atoms with Gasteiger partial charge in [0, 0.05) is 6.54 Å². The van der Waals surface area contributed by atoms with E-state index in [1.165, 1.54) is 25.5 Å². The number of nitrogens with zero attached hydrogens (tertiary/aromatic N) is 3. The number of halogens is 1. The van der Waals surface area contributed by atoms with Crippen molar-refractivity contribution in [3.63, 3.8) is 0 Å². The van der Waals surface area contributed by atoms with E-state index >= 15 is 0 Å². The summed E-state index contributed by atoms with van der Waals surface area (Å²) >= 11 is 0. The van der Waals surface area contributed by atoms with E-state index in [1.807, 2.05) is 4.90 Å². The van der Waals surface area contributed by atoms with Gasteiger partial charge in [0.2, 0.25) is 0 Å². The standard InChI is InChI=1S/C26H25FN4O4/c1-15-9-17(3-7-21(15)27)11-29-25(33)24-23(12-28-14-30-24)31(13-16(2)32)22-8-5-18-10-19(26(34)35)4-6-20(18)22/h3-4,6-7,9-10,12,14,22H,5,8,11,13H2,1-2H3,(H,29,33)(H,34,35). The second kappa shape index (κ2) is 10.0. The number of aromatic carboxylic acids is 1. The fourth-order valence-corrected chi connectivity index (χ4v) is 4.45. The average Bonchev–Trinajstić information content (AvgIpc) is 3.26. The van der Waals surface area contributed by atoms with Crippen molar-refractivity contribution < 1.29 is 23.9 Å². The first-order valence-electron chi connectivity index (χ1n) is 11.2. The summed E-state index contributed by atoms with van der Waals surface area (Å²) in [5, 5.41) is 12.1. The highest BCUT2D eigenvalue weighted by Crippen LogP contribution is 2.39. The smallest absolute Gasteiger partial charge is 0.335 e. The van der Waals surface area contributed by atoms with Gasteiger partial charge >= 0.3 is 5.97 Å². The van der Waals surface area contributed by atoms with E-state index in [1.54, 1.807) is 37.3 Å². The Morgan fingerprint density at radius 2 is 2.00 bits per heavy atom. The first-order chi connectivity index (χ1) is 16.7. The maximum atomic E-state index is 13.6. The van der Waals surface area contributed by atoms with Crippen LogP contribution in [-0.4, -0.2) is 39.3 Å². The molecule has 4 rings (SSSR count). The lowest BCUT2D eigenvalue weighted by Gasteiger charge is -2.31. The van der Waals surface area contributed by atoms with Crippen LogP contribution in [0.1, 0.15) is 62.5 Å². The highest BCUT2D eigenvalue weighted by Gasteiger charge is 2.32. The van der Waals surface area contributed by atoms with E-state index in [-0.39, 0.29) is 42.0 Å². The summed E-state index contributed by atoms with van der Waals surface area (Å²) in [5.74, 6) is -1.86. The van der Waals surface area contributed by atoms with E-state index in [0.717, 1.165) is 16.7 Å². The molecule has 0 spiro atoms. The van der Waals surface area contributed by atoms with Crippen LogP contribution >= 0.6 is 0 Å². The Labute approximate surface area is 201 Å². The van der Waals surface area contributed by atoms with Gasteiger partial charge in [-0.05, 0) is 67.1 Å². The second-order valence-corrected chi connectivity index (χ2v) is 8.63. The number of carboxylic acids is 1. The van der Waals surface area contributed by atoms with Gasteiger partial charge < -0.3 is 15.3 Å². The third kappa shape index (κ3) is 5.18. The Hall–Kier alpha value is -4.14. The van der Waals surface area contributed by atoms with Crippen LogP contribution in [0.25, 0.3) is 0 Å². The van der Waals surface area contributed by atoms with E-state index < -0.39 is 11.9 Å². The quantitative estimate of drug-likeness (QED) is 0.510. The van der Waals surface area contributed by atoms with Crippen molar-refractivity contribution in [2.45, 2.75) is 39.3 Å². The monoisotopic (exact) mass is 476 g/mol. The van der Waals surface area contributed by atoms with Crippen molar-refractivity contribution in [1.29, 1.82) is 0 Å². The van der Waals surface area contributed by atoms with Gasteiger partial charge in [-0.25, -0.2) is 19.2 Å². The number of nitrogens with one attached hydrogen (secondary N) is 1. The largest absolute Gasteiger partial charge is 0.478 e. The number of aryl methyl sites for hydroxylation is 2. The highest BCUT2D eigenvalue weighted by molar-refractivity contribution is 5.98. The fourth-order valence-electron chi connectivity index (χ4n) is 4.45. The minimum atomic E-state index is -0.997. The zero-order valence-electron chi connectivity index (χ0n) is 19.4. The molecule has 0 radical (unpaired) electrons. The number of carbonyl (C=O) groups excluding carboxylic acids is 2. The number of aromatic nitrogens is 2. The molecule has 1 aliphatic rings.